The molecule has 2 N–H and O–H groups in total. The van der Waals surface area contributed by atoms with Gasteiger partial charge in [0, 0.05) is 31.3 Å². The number of sulfonamides is 1. The molecule has 236 valence electrons. The molecule has 0 saturated carbocycles. The van der Waals surface area contributed by atoms with E-state index in [1.165, 1.54) is 13.0 Å². The Balaban J connectivity index is 2.02. The Morgan fingerprint density at radius 2 is 1.98 bits per heavy atom. The van der Waals surface area contributed by atoms with Gasteiger partial charge in [-0.2, -0.15) is 0 Å². The second-order valence-electron chi connectivity index (χ2n) is 11.5. The number of hydrogen-bond acceptors (Lipinski definition) is 9. The molecule has 0 bridgehead atoms. The van der Waals surface area contributed by atoms with E-state index in [0.717, 1.165) is 38.8 Å². The van der Waals surface area contributed by atoms with Crippen molar-refractivity contribution in [3.63, 3.8) is 0 Å². The number of aliphatic hydroxyl groups is 1. The Hall–Kier alpha value is -2.67. The summed E-state index contributed by atoms with van der Waals surface area (Å²) in [5.41, 5.74) is 0.655. The molecule has 0 fully saturated rings. The topological polar surface area (TPSA) is 134 Å². The number of ether oxygens (including phenoxy) is 2. The van der Waals surface area contributed by atoms with Gasteiger partial charge in [0.25, 0.3) is 15.9 Å². The minimum atomic E-state index is -4.04. The number of benzene rings is 1. The van der Waals surface area contributed by atoms with Crippen molar-refractivity contribution in [2.75, 3.05) is 44.6 Å². The first kappa shape index (κ1) is 33.8. The van der Waals surface area contributed by atoms with E-state index in [1.54, 1.807) is 30.9 Å². The third-order valence-electron chi connectivity index (χ3n) is 7.64. The van der Waals surface area contributed by atoms with Crippen LogP contribution in [0.4, 0.5) is 5.69 Å². The lowest BCUT2D eigenvalue weighted by atomic mass is 10.0. The molecule has 2 heterocycles. The molecular formula is C30H48N4O7S. The summed E-state index contributed by atoms with van der Waals surface area (Å²) in [6.07, 6.45) is 3.30. The molecule has 1 aliphatic rings. The molecule has 0 unspecified atom stereocenters. The molecule has 1 aromatic carbocycles. The van der Waals surface area contributed by atoms with Gasteiger partial charge in [0.15, 0.2) is 10.7 Å². The molecule has 4 atom stereocenters. The summed E-state index contributed by atoms with van der Waals surface area (Å²) < 4.78 is 46.7. The summed E-state index contributed by atoms with van der Waals surface area (Å²) in [7, 11) is -1.96. The Morgan fingerprint density at radius 1 is 1.24 bits per heavy atom. The number of likely N-dealkylation sites (N-methyl/N-ethyl adjacent to an activating group) is 1. The van der Waals surface area contributed by atoms with Gasteiger partial charge in [-0.25, -0.2) is 8.42 Å². The molecule has 0 aliphatic carbocycles. The van der Waals surface area contributed by atoms with Gasteiger partial charge in [-0.05, 0) is 85.2 Å². The molecular weight excluding hydrogens is 560 g/mol. The molecule has 3 rings (SSSR count). The molecule has 0 radical (unpaired) electrons. The largest absolute Gasteiger partial charge is 0.490 e. The highest BCUT2D eigenvalue weighted by Crippen LogP contribution is 2.30. The van der Waals surface area contributed by atoms with Crippen LogP contribution in [-0.4, -0.2) is 92.5 Å². The zero-order chi connectivity index (χ0) is 31.0. The van der Waals surface area contributed by atoms with E-state index in [9.17, 15) is 18.3 Å². The van der Waals surface area contributed by atoms with Gasteiger partial charge >= 0.3 is 0 Å². The molecule has 2 aromatic rings. The van der Waals surface area contributed by atoms with Gasteiger partial charge in [-0.3, -0.25) is 9.52 Å². The summed E-state index contributed by atoms with van der Waals surface area (Å²) in [6.45, 7) is 13.4. The maximum absolute atomic E-state index is 14.2. The van der Waals surface area contributed by atoms with Crippen LogP contribution in [0.5, 0.6) is 5.75 Å². The van der Waals surface area contributed by atoms with Crippen molar-refractivity contribution in [3.05, 3.63) is 35.2 Å². The maximum atomic E-state index is 14.2. The monoisotopic (exact) mass is 608 g/mol. The van der Waals surface area contributed by atoms with Crippen LogP contribution < -0.4 is 9.46 Å². The number of carbonyl (C=O) groups excluding carboxylic acids is 1. The first-order valence-corrected chi connectivity index (χ1v) is 16.3. The fourth-order valence-electron chi connectivity index (χ4n) is 5.29. The molecule has 0 saturated heterocycles. The molecule has 11 nitrogen and oxygen atoms in total. The number of aliphatic hydroxyl groups excluding tert-OH is 1. The molecule has 0 spiro atoms. The van der Waals surface area contributed by atoms with Crippen molar-refractivity contribution in [2.24, 2.45) is 5.92 Å². The highest BCUT2D eigenvalue weighted by molar-refractivity contribution is 7.92. The van der Waals surface area contributed by atoms with Crippen molar-refractivity contribution in [3.8, 4) is 5.75 Å². The van der Waals surface area contributed by atoms with E-state index >= 15 is 0 Å². The quantitative estimate of drug-likeness (QED) is 0.429. The lowest BCUT2D eigenvalue weighted by Crippen LogP contribution is -2.47. The van der Waals surface area contributed by atoms with Crippen LogP contribution in [0.2, 0.25) is 0 Å². The Labute approximate surface area is 250 Å². The second kappa shape index (κ2) is 15.2. The fraction of sp³-hybridized carbons (Fsp3) is 0.667. The lowest BCUT2D eigenvalue weighted by molar-refractivity contribution is -0.0167. The van der Waals surface area contributed by atoms with E-state index in [-0.39, 0.29) is 58.2 Å². The molecule has 12 heteroatoms. The molecule has 1 aromatic heterocycles. The Kier molecular flexibility index (Phi) is 12.2. The summed E-state index contributed by atoms with van der Waals surface area (Å²) in [5.74, 6) is 0.143. The third-order valence-corrected chi connectivity index (χ3v) is 9.26. The SMILES string of the molecule is CCCN(C)C[C@@H]1OCCCC[C@@H](C)Oc2ccc(NS(=O)(=O)c3c(C)noc3C)cc2C(=O)N([C@H](C)CO)C[C@@H]1C. The number of anilines is 1. The number of aryl methyl sites for hydroxylation is 2. The first-order chi connectivity index (χ1) is 19.9. The maximum Gasteiger partial charge on any atom is 0.267 e. The Morgan fingerprint density at radius 3 is 2.62 bits per heavy atom. The first-order valence-electron chi connectivity index (χ1n) is 14.9. The van der Waals surface area contributed by atoms with Crippen molar-refractivity contribution in [2.45, 2.75) is 90.4 Å². The van der Waals surface area contributed by atoms with Gasteiger partial charge in [-0.1, -0.05) is 19.0 Å². The number of rotatable bonds is 9. The van der Waals surface area contributed by atoms with E-state index < -0.39 is 16.1 Å². The van der Waals surface area contributed by atoms with E-state index in [4.69, 9.17) is 14.0 Å². The van der Waals surface area contributed by atoms with Crippen molar-refractivity contribution in [1.82, 2.24) is 15.0 Å². The summed E-state index contributed by atoms with van der Waals surface area (Å²) in [5, 5.41) is 13.9. The zero-order valence-electron chi connectivity index (χ0n) is 26.1. The van der Waals surface area contributed by atoms with E-state index in [0.29, 0.717) is 18.9 Å². The standard InChI is InChI=1S/C30H48N4O7S/c1-8-14-33(7)18-28-20(2)17-34(21(3)19-35)30(36)26-16-25(32-42(37,38)29-23(5)31-41-24(29)6)12-13-27(26)40-22(4)11-9-10-15-39-28/h12-13,16,20-22,28,32,35H,8-11,14-15,17-19H2,1-7H3/t20-,21+,22+,28-/m0/s1. The molecule has 1 amide bonds. The Bertz CT molecular complexity index is 1260. The van der Waals surface area contributed by atoms with Crippen LogP contribution in [0.25, 0.3) is 0 Å². The predicted molar refractivity (Wildman–Crippen MR) is 161 cm³/mol. The average Bonchev–Trinajstić information content (AvgIpc) is 3.28. The number of aromatic nitrogens is 1. The van der Waals surface area contributed by atoms with Crippen molar-refractivity contribution >= 4 is 21.6 Å². The van der Waals surface area contributed by atoms with E-state index in [2.05, 4.69) is 35.7 Å². The smallest absolute Gasteiger partial charge is 0.267 e. The number of nitrogens with one attached hydrogen (secondary N) is 1. The number of fused-ring (bicyclic) bond motifs is 1. The van der Waals surface area contributed by atoms with Gasteiger partial charge in [-0.15, -0.1) is 0 Å². The van der Waals surface area contributed by atoms with Crippen LogP contribution in [0.15, 0.2) is 27.6 Å². The van der Waals surface area contributed by atoms with Crippen LogP contribution >= 0.6 is 0 Å². The van der Waals surface area contributed by atoms with Gasteiger partial charge < -0.3 is 28.9 Å². The molecule has 42 heavy (non-hydrogen) atoms. The van der Waals surface area contributed by atoms with Crippen LogP contribution in [0.3, 0.4) is 0 Å². The summed E-state index contributed by atoms with van der Waals surface area (Å²) in [6, 6.07) is 4.21. The number of amides is 1. The number of hydrogen-bond donors (Lipinski definition) is 2. The highest BCUT2D eigenvalue weighted by Gasteiger charge is 2.31. The van der Waals surface area contributed by atoms with Gasteiger partial charge in [0.2, 0.25) is 0 Å². The zero-order valence-corrected chi connectivity index (χ0v) is 26.9. The van der Waals surface area contributed by atoms with Crippen molar-refractivity contribution < 1.29 is 32.3 Å². The fourth-order valence-corrected chi connectivity index (χ4v) is 6.67. The molecule has 1 aliphatic heterocycles. The summed E-state index contributed by atoms with van der Waals surface area (Å²) in [4.78, 5) is 18.1. The van der Waals surface area contributed by atoms with Crippen LogP contribution in [0.1, 0.15) is 75.2 Å². The number of carbonyl (C=O) groups is 1. The van der Waals surface area contributed by atoms with Crippen LogP contribution in [-0.2, 0) is 14.8 Å². The highest BCUT2D eigenvalue weighted by atomic mass is 32.2. The minimum Gasteiger partial charge on any atom is -0.490 e. The number of nitrogens with zero attached hydrogens (tertiary/aromatic N) is 3. The predicted octanol–water partition coefficient (Wildman–Crippen LogP) is 4.23. The second-order valence-corrected chi connectivity index (χ2v) is 13.2. The lowest BCUT2D eigenvalue weighted by Gasteiger charge is -2.35. The third kappa shape index (κ3) is 8.68. The minimum absolute atomic E-state index is 0.0327. The average molecular weight is 609 g/mol. The van der Waals surface area contributed by atoms with E-state index in [1.807, 2.05) is 6.92 Å². The van der Waals surface area contributed by atoms with Crippen LogP contribution in [0, 0.1) is 19.8 Å². The van der Waals surface area contributed by atoms with Gasteiger partial charge in [0.05, 0.1) is 30.4 Å². The van der Waals surface area contributed by atoms with Gasteiger partial charge in [0.1, 0.15) is 11.4 Å². The summed E-state index contributed by atoms with van der Waals surface area (Å²) >= 11 is 0. The normalized spacial score (nSPS) is 21.9. The van der Waals surface area contributed by atoms with Crippen molar-refractivity contribution in [1.29, 1.82) is 0 Å².